The fourth-order valence-corrected chi connectivity index (χ4v) is 1.76. The van der Waals surface area contributed by atoms with Gasteiger partial charge in [-0.15, -0.1) is 0 Å². The molecule has 108 valence electrons. The molecule has 2 nitrogen and oxygen atoms in total. The van der Waals surface area contributed by atoms with Crippen LogP contribution in [0.5, 0.6) is 5.75 Å². The molecule has 0 saturated carbocycles. The molecule has 1 atom stereocenters. The van der Waals surface area contributed by atoms with Crippen molar-refractivity contribution in [2.45, 2.75) is 65.5 Å². The topological polar surface area (TPSA) is 21.3 Å². The SMILES string of the molecule is C[C@H](CNC(C)(C)C)Oc1cccc(C(C)(C)C)c1. The van der Waals surface area contributed by atoms with Gasteiger partial charge in [-0.2, -0.15) is 0 Å². The van der Waals surface area contributed by atoms with Gasteiger partial charge in [0, 0.05) is 12.1 Å². The average Bonchev–Trinajstić information content (AvgIpc) is 2.25. The maximum Gasteiger partial charge on any atom is 0.120 e. The largest absolute Gasteiger partial charge is 0.489 e. The Hall–Kier alpha value is -1.02. The maximum atomic E-state index is 5.98. The van der Waals surface area contributed by atoms with E-state index in [9.17, 15) is 0 Å². The van der Waals surface area contributed by atoms with Crippen LogP contribution in [0.2, 0.25) is 0 Å². The van der Waals surface area contributed by atoms with E-state index in [0.29, 0.717) is 0 Å². The Morgan fingerprint density at radius 1 is 1.11 bits per heavy atom. The highest BCUT2D eigenvalue weighted by Gasteiger charge is 2.15. The average molecular weight is 263 g/mol. The van der Waals surface area contributed by atoms with Gasteiger partial charge in [0.2, 0.25) is 0 Å². The Morgan fingerprint density at radius 3 is 2.26 bits per heavy atom. The van der Waals surface area contributed by atoms with Crippen LogP contribution in [0.15, 0.2) is 24.3 Å². The number of nitrogens with one attached hydrogen (secondary N) is 1. The van der Waals surface area contributed by atoms with Crippen molar-refractivity contribution in [2.24, 2.45) is 0 Å². The molecule has 0 fully saturated rings. The van der Waals surface area contributed by atoms with Gasteiger partial charge in [-0.1, -0.05) is 32.9 Å². The van der Waals surface area contributed by atoms with Crippen molar-refractivity contribution < 1.29 is 4.74 Å². The summed E-state index contributed by atoms with van der Waals surface area (Å²) in [7, 11) is 0. The summed E-state index contributed by atoms with van der Waals surface area (Å²) >= 11 is 0. The van der Waals surface area contributed by atoms with E-state index in [1.54, 1.807) is 0 Å². The second-order valence-electron chi connectivity index (χ2n) is 7.34. The van der Waals surface area contributed by atoms with Crippen LogP contribution in [0.25, 0.3) is 0 Å². The molecule has 2 heteroatoms. The monoisotopic (exact) mass is 263 g/mol. The number of hydrogen-bond donors (Lipinski definition) is 1. The molecule has 0 aliphatic rings. The molecule has 1 N–H and O–H groups in total. The Labute approximate surface area is 118 Å². The zero-order valence-electron chi connectivity index (χ0n) is 13.5. The van der Waals surface area contributed by atoms with Crippen molar-refractivity contribution in [2.75, 3.05) is 6.54 Å². The third-order valence-electron chi connectivity index (χ3n) is 2.96. The van der Waals surface area contributed by atoms with Crippen molar-refractivity contribution in [3.05, 3.63) is 29.8 Å². The molecule has 0 amide bonds. The van der Waals surface area contributed by atoms with Gasteiger partial charge >= 0.3 is 0 Å². The second kappa shape index (κ2) is 5.96. The van der Waals surface area contributed by atoms with E-state index < -0.39 is 0 Å². The van der Waals surface area contributed by atoms with Gasteiger partial charge in [0.15, 0.2) is 0 Å². The smallest absolute Gasteiger partial charge is 0.120 e. The highest BCUT2D eigenvalue weighted by atomic mass is 16.5. The molecule has 0 aliphatic carbocycles. The van der Waals surface area contributed by atoms with Crippen molar-refractivity contribution in [3.8, 4) is 5.75 Å². The Morgan fingerprint density at radius 2 is 1.74 bits per heavy atom. The minimum absolute atomic E-state index is 0.130. The minimum atomic E-state index is 0.130. The van der Waals surface area contributed by atoms with Crippen molar-refractivity contribution in [1.29, 1.82) is 0 Å². The minimum Gasteiger partial charge on any atom is -0.489 e. The van der Waals surface area contributed by atoms with E-state index in [1.807, 2.05) is 6.07 Å². The van der Waals surface area contributed by atoms with Gasteiger partial charge in [-0.25, -0.2) is 0 Å². The van der Waals surface area contributed by atoms with Crippen LogP contribution in [-0.2, 0) is 5.41 Å². The Balaban J connectivity index is 2.62. The lowest BCUT2D eigenvalue weighted by Crippen LogP contribution is -2.41. The normalized spacial score (nSPS) is 14.3. The molecule has 0 aromatic heterocycles. The lowest BCUT2D eigenvalue weighted by atomic mass is 9.87. The van der Waals surface area contributed by atoms with Gasteiger partial charge in [0.25, 0.3) is 0 Å². The molecular weight excluding hydrogens is 234 g/mol. The predicted molar refractivity (Wildman–Crippen MR) is 83.0 cm³/mol. The van der Waals surface area contributed by atoms with E-state index in [4.69, 9.17) is 4.74 Å². The molecular formula is C17H29NO. The molecule has 19 heavy (non-hydrogen) atoms. The molecule has 0 radical (unpaired) electrons. The van der Waals surface area contributed by atoms with Crippen LogP contribution in [0.1, 0.15) is 54.0 Å². The molecule has 0 saturated heterocycles. The summed E-state index contributed by atoms with van der Waals surface area (Å²) in [6.45, 7) is 16.1. The molecule has 0 bridgehead atoms. The summed E-state index contributed by atoms with van der Waals surface area (Å²) in [5.74, 6) is 0.954. The number of benzene rings is 1. The van der Waals surface area contributed by atoms with Crippen LogP contribution >= 0.6 is 0 Å². The van der Waals surface area contributed by atoms with Crippen LogP contribution < -0.4 is 10.1 Å². The van der Waals surface area contributed by atoms with Gasteiger partial charge in [-0.3, -0.25) is 0 Å². The zero-order chi connectivity index (χ0) is 14.7. The predicted octanol–water partition coefficient (Wildman–Crippen LogP) is 4.14. The quantitative estimate of drug-likeness (QED) is 0.881. The first kappa shape index (κ1) is 16.0. The van der Waals surface area contributed by atoms with Gasteiger partial charge < -0.3 is 10.1 Å². The summed E-state index contributed by atoms with van der Waals surface area (Å²) < 4.78 is 5.98. The number of rotatable bonds is 4. The van der Waals surface area contributed by atoms with Crippen LogP contribution in [0.4, 0.5) is 0 Å². The Bertz CT molecular complexity index is 398. The summed E-state index contributed by atoms with van der Waals surface area (Å²) in [5, 5.41) is 3.46. The highest BCUT2D eigenvalue weighted by molar-refractivity contribution is 5.32. The van der Waals surface area contributed by atoms with Crippen molar-refractivity contribution >= 4 is 0 Å². The molecule has 1 aromatic carbocycles. The van der Waals surface area contributed by atoms with Gasteiger partial charge in [-0.05, 0) is 50.8 Å². The van der Waals surface area contributed by atoms with E-state index in [1.165, 1.54) is 5.56 Å². The molecule has 0 spiro atoms. The van der Waals surface area contributed by atoms with E-state index in [-0.39, 0.29) is 17.1 Å². The first-order valence-corrected chi connectivity index (χ1v) is 7.10. The fourth-order valence-electron chi connectivity index (χ4n) is 1.76. The first-order chi connectivity index (χ1) is 8.58. The van der Waals surface area contributed by atoms with Crippen molar-refractivity contribution in [1.82, 2.24) is 5.32 Å². The summed E-state index contributed by atoms with van der Waals surface area (Å²) in [5.41, 5.74) is 1.60. The lowest BCUT2D eigenvalue weighted by Gasteiger charge is -2.25. The molecule has 0 aliphatic heterocycles. The van der Waals surface area contributed by atoms with Gasteiger partial charge in [0.05, 0.1) is 0 Å². The van der Waals surface area contributed by atoms with Crippen LogP contribution in [0, 0.1) is 0 Å². The van der Waals surface area contributed by atoms with E-state index in [2.05, 4.69) is 72.0 Å². The summed E-state index contributed by atoms with van der Waals surface area (Å²) in [6, 6.07) is 8.40. The first-order valence-electron chi connectivity index (χ1n) is 7.10. The Kier molecular flexibility index (Phi) is 5.03. The molecule has 1 rings (SSSR count). The molecule has 0 unspecified atom stereocenters. The number of ether oxygens (including phenoxy) is 1. The highest BCUT2D eigenvalue weighted by Crippen LogP contribution is 2.26. The lowest BCUT2D eigenvalue weighted by molar-refractivity contribution is 0.203. The van der Waals surface area contributed by atoms with E-state index in [0.717, 1.165) is 12.3 Å². The third kappa shape index (κ3) is 6.11. The van der Waals surface area contributed by atoms with Crippen LogP contribution in [-0.4, -0.2) is 18.2 Å². The maximum absolute atomic E-state index is 5.98. The summed E-state index contributed by atoms with van der Waals surface area (Å²) in [4.78, 5) is 0. The van der Waals surface area contributed by atoms with Gasteiger partial charge in [0.1, 0.15) is 11.9 Å². The summed E-state index contributed by atoms with van der Waals surface area (Å²) in [6.07, 6.45) is 0.162. The number of hydrogen-bond acceptors (Lipinski definition) is 2. The second-order valence-corrected chi connectivity index (χ2v) is 7.34. The van der Waals surface area contributed by atoms with Crippen LogP contribution in [0.3, 0.4) is 0 Å². The zero-order valence-corrected chi connectivity index (χ0v) is 13.5. The fraction of sp³-hybridized carbons (Fsp3) is 0.647. The molecule has 0 heterocycles. The van der Waals surface area contributed by atoms with E-state index >= 15 is 0 Å². The third-order valence-corrected chi connectivity index (χ3v) is 2.96. The molecule has 1 aromatic rings. The standard InChI is InChI=1S/C17H29NO/c1-13(12-18-17(5,6)7)19-15-10-8-9-14(11-15)16(2,3)4/h8-11,13,18H,12H2,1-7H3/t13-/m1/s1. The van der Waals surface area contributed by atoms with Crippen molar-refractivity contribution in [3.63, 3.8) is 0 Å².